The van der Waals surface area contributed by atoms with E-state index in [1.54, 1.807) is 0 Å². The Bertz CT molecular complexity index is 636. The standard InChI is InChI=1S/C18H25N3O2/c1-2-6-17-15(5-1)13-19-21(17)16-8-9-20(14-16)10-12-23-18-7-3-4-11-22-18/h1-2,5-6,13,16,18H,3-4,7-12,14H2/t16-,18-/m1/s1. The highest BCUT2D eigenvalue weighted by Gasteiger charge is 2.25. The van der Waals surface area contributed by atoms with Gasteiger partial charge in [-0.2, -0.15) is 5.10 Å². The molecule has 2 aliphatic rings. The van der Waals surface area contributed by atoms with E-state index in [1.807, 2.05) is 6.20 Å². The molecule has 4 rings (SSSR count). The van der Waals surface area contributed by atoms with Gasteiger partial charge < -0.3 is 9.47 Å². The molecule has 0 saturated carbocycles. The summed E-state index contributed by atoms with van der Waals surface area (Å²) in [6.45, 7) is 4.77. The molecule has 2 saturated heterocycles. The Morgan fingerprint density at radius 2 is 2.17 bits per heavy atom. The van der Waals surface area contributed by atoms with E-state index in [1.165, 1.54) is 23.7 Å². The molecule has 0 bridgehead atoms. The number of benzene rings is 1. The molecule has 0 radical (unpaired) electrons. The van der Waals surface area contributed by atoms with Gasteiger partial charge in [0.2, 0.25) is 0 Å². The maximum absolute atomic E-state index is 5.85. The maximum atomic E-state index is 5.85. The molecule has 2 atom stereocenters. The molecule has 0 amide bonds. The van der Waals surface area contributed by atoms with Gasteiger partial charge in [0.1, 0.15) is 0 Å². The first kappa shape index (κ1) is 15.1. The summed E-state index contributed by atoms with van der Waals surface area (Å²) in [5.41, 5.74) is 1.24. The number of para-hydroxylation sites is 1. The van der Waals surface area contributed by atoms with Crippen LogP contribution in [0.15, 0.2) is 30.5 Å². The van der Waals surface area contributed by atoms with Gasteiger partial charge >= 0.3 is 0 Å². The van der Waals surface area contributed by atoms with E-state index in [2.05, 4.69) is 38.9 Å². The van der Waals surface area contributed by atoms with Crippen molar-refractivity contribution in [3.8, 4) is 0 Å². The van der Waals surface area contributed by atoms with Crippen LogP contribution in [-0.4, -0.2) is 53.8 Å². The summed E-state index contributed by atoms with van der Waals surface area (Å²) in [6.07, 6.45) is 6.60. The predicted octanol–water partition coefficient (Wildman–Crippen LogP) is 2.83. The molecule has 2 aliphatic heterocycles. The van der Waals surface area contributed by atoms with E-state index in [4.69, 9.17) is 9.47 Å². The Labute approximate surface area is 137 Å². The average Bonchev–Trinajstić information content (AvgIpc) is 3.22. The molecule has 0 aliphatic carbocycles. The minimum Gasteiger partial charge on any atom is -0.353 e. The fraction of sp³-hybridized carbons (Fsp3) is 0.611. The average molecular weight is 315 g/mol. The molecule has 5 nitrogen and oxygen atoms in total. The smallest absolute Gasteiger partial charge is 0.157 e. The third kappa shape index (κ3) is 3.42. The van der Waals surface area contributed by atoms with Crippen molar-refractivity contribution in [2.75, 3.05) is 32.8 Å². The number of ether oxygens (including phenoxy) is 2. The molecule has 2 aromatic rings. The Kier molecular flexibility index (Phi) is 4.60. The first-order valence-electron chi connectivity index (χ1n) is 8.78. The minimum absolute atomic E-state index is 0.0252. The van der Waals surface area contributed by atoms with Crippen molar-refractivity contribution in [1.82, 2.24) is 14.7 Å². The fourth-order valence-corrected chi connectivity index (χ4v) is 3.65. The van der Waals surface area contributed by atoms with Gasteiger partial charge in [-0.25, -0.2) is 0 Å². The lowest BCUT2D eigenvalue weighted by Gasteiger charge is -2.24. The van der Waals surface area contributed by atoms with E-state index >= 15 is 0 Å². The van der Waals surface area contributed by atoms with E-state index in [9.17, 15) is 0 Å². The molecule has 124 valence electrons. The second kappa shape index (κ2) is 6.99. The molecular weight excluding hydrogens is 290 g/mol. The molecule has 1 aromatic heterocycles. The van der Waals surface area contributed by atoms with Crippen LogP contribution in [0.4, 0.5) is 0 Å². The number of likely N-dealkylation sites (tertiary alicyclic amines) is 1. The van der Waals surface area contributed by atoms with E-state index in [0.29, 0.717) is 6.04 Å². The quantitative estimate of drug-likeness (QED) is 0.850. The van der Waals surface area contributed by atoms with Crippen molar-refractivity contribution < 1.29 is 9.47 Å². The first-order chi connectivity index (χ1) is 11.4. The number of aromatic nitrogens is 2. The second-order valence-corrected chi connectivity index (χ2v) is 6.56. The minimum atomic E-state index is 0.0252. The van der Waals surface area contributed by atoms with Crippen LogP contribution in [0.5, 0.6) is 0 Å². The van der Waals surface area contributed by atoms with Crippen LogP contribution in [0.1, 0.15) is 31.7 Å². The number of rotatable bonds is 5. The van der Waals surface area contributed by atoms with Crippen LogP contribution in [0.25, 0.3) is 10.9 Å². The second-order valence-electron chi connectivity index (χ2n) is 6.56. The molecule has 3 heterocycles. The normalized spacial score (nSPS) is 26.1. The van der Waals surface area contributed by atoms with Crippen molar-refractivity contribution in [3.05, 3.63) is 30.5 Å². The van der Waals surface area contributed by atoms with E-state index in [0.717, 1.165) is 45.7 Å². The SMILES string of the molecule is c1ccc2c(c1)cnn2[C@@H]1CCN(CCO[C@@H]2CCCCO2)C1. The van der Waals surface area contributed by atoms with Gasteiger partial charge in [-0.05, 0) is 31.7 Å². The molecule has 0 unspecified atom stereocenters. The topological polar surface area (TPSA) is 39.5 Å². The van der Waals surface area contributed by atoms with Gasteiger partial charge in [0.05, 0.1) is 24.4 Å². The molecule has 0 spiro atoms. The first-order valence-corrected chi connectivity index (χ1v) is 8.78. The third-order valence-electron chi connectivity index (χ3n) is 4.95. The van der Waals surface area contributed by atoms with Crippen LogP contribution in [0, 0.1) is 0 Å². The summed E-state index contributed by atoms with van der Waals surface area (Å²) in [5, 5.41) is 5.83. The van der Waals surface area contributed by atoms with E-state index < -0.39 is 0 Å². The Morgan fingerprint density at radius 1 is 1.22 bits per heavy atom. The molecule has 0 N–H and O–H groups in total. The highest BCUT2D eigenvalue weighted by Crippen LogP contribution is 2.25. The monoisotopic (exact) mass is 315 g/mol. The number of fused-ring (bicyclic) bond motifs is 1. The van der Waals surface area contributed by atoms with Gasteiger partial charge in [-0.15, -0.1) is 0 Å². The van der Waals surface area contributed by atoms with Crippen LogP contribution < -0.4 is 0 Å². The lowest BCUT2D eigenvalue weighted by Crippen LogP contribution is -2.29. The van der Waals surface area contributed by atoms with E-state index in [-0.39, 0.29) is 6.29 Å². The Balaban J connectivity index is 1.29. The van der Waals surface area contributed by atoms with Gasteiger partial charge in [0, 0.05) is 31.6 Å². The number of hydrogen-bond acceptors (Lipinski definition) is 4. The van der Waals surface area contributed by atoms with Gasteiger partial charge in [0.15, 0.2) is 6.29 Å². The molecule has 1 aromatic carbocycles. The summed E-state index contributed by atoms with van der Waals surface area (Å²) in [4.78, 5) is 2.48. The summed E-state index contributed by atoms with van der Waals surface area (Å²) in [5.74, 6) is 0. The number of nitrogens with zero attached hydrogens (tertiary/aromatic N) is 3. The lowest BCUT2D eigenvalue weighted by molar-refractivity contribution is -0.163. The maximum Gasteiger partial charge on any atom is 0.157 e. The van der Waals surface area contributed by atoms with Crippen LogP contribution in [0.3, 0.4) is 0 Å². The van der Waals surface area contributed by atoms with Crippen molar-refractivity contribution in [3.63, 3.8) is 0 Å². The van der Waals surface area contributed by atoms with Crippen LogP contribution in [0.2, 0.25) is 0 Å². The Morgan fingerprint density at radius 3 is 3.09 bits per heavy atom. The fourth-order valence-electron chi connectivity index (χ4n) is 3.65. The van der Waals surface area contributed by atoms with Crippen LogP contribution >= 0.6 is 0 Å². The number of hydrogen-bond donors (Lipinski definition) is 0. The molecular formula is C18H25N3O2. The van der Waals surface area contributed by atoms with Gasteiger partial charge in [-0.3, -0.25) is 9.58 Å². The summed E-state index contributed by atoms with van der Waals surface area (Å²) >= 11 is 0. The van der Waals surface area contributed by atoms with Crippen molar-refractivity contribution in [1.29, 1.82) is 0 Å². The summed E-state index contributed by atoms with van der Waals surface area (Å²) in [7, 11) is 0. The highest BCUT2D eigenvalue weighted by molar-refractivity contribution is 5.78. The van der Waals surface area contributed by atoms with Crippen LogP contribution in [-0.2, 0) is 9.47 Å². The van der Waals surface area contributed by atoms with Gasteiger partial charge in [-0.1, -0.05) is 18.2 Å². The molecule has 5 heteroatoms. The zero-order valence-electron chi connectivity index (χ0n) is 13.6. The molecule has 23 heavy (non-hydrogen) atoms. The van der Waals surface area contributed by atoms with Gasteiger partial charge in [0.25, 0.3) is 0 Å². The summed E-state index contributed by atoms with van der Waals surface area (Å²) < 4.78 is 13.7. The summed E-state index contributed by atoms with van der Waals surface area (Å²) in [6, 6.07) is 8.92. The zero-order valence-corrected chi connectivity index (χ0v) is 13.6. The highest BCUT2D eigenvalue weighted by atomic mass is 16.7. The van der Waals surface area contributed by atoms with Crippen molar-refractivity contribution in [2.24, 2.45) is 0 Å². The largest absolute Gasteiger partial charge is 0.353 e. The lowest BCUT2D eigenvalue weighted by atomic mass is 10.2. The molecule has 2 fully saturated rings. The third-order valence-corrected chi connectivity index (χ3v) is 4.95. The predicted molar refractivity (Wildman–Crippen MR) is 89.4 cm³/mol. The Hall–Kier alpha value is -1.43. The zero-order chi connectivity index (χ0) is 15.5. The van der Waals surface area contributed by atoms with Crippen molar-refractivity contribution in [2.45, 2.75) is 38.0 Å². The van der Waals surface area contributed by atoms with Crippen molar-refractivity contribution >= 4 is 10.9 Å².